The first-order valence-electron chi connectivity index (χ1n) is 8.21. The topological polar surface area (TPSA) is 77.9 Å². The zero-order chi connectivity index (χ0) is 18.8. The molecule has 0 saturated carbocycles. The maximum atomic E-state index is 11.1. The average molecular weight is 375 g/mol. The van der Waals surface area contributed by atoms with Crippen LogP contribution in [0.4, 0.5) is 11.5 Å². The monoisotopic (exact) mass is 374 g/mol. The molecule has 5 nitrogen and oxygen atoms in total. The summed E-state index contributed by atoms with van der Waals surface area (Å²) in [5.74, 6) is -0.0991. The number of fused-ring (bicyclic) bond motifs is 1. The minimum Gasteiger partial charge on any atom is -0.545 e. The molecule has 0 atom stereocenters. The maximum absolute atomic E-state index is 11.1. The minimum atomic E-state index is -1.23. The van der Waals surface area contributed by atoms with Gasteiger partial charge in [-0.05, 0) is 54.1 Å². The number of hydrogen-bond acceptors (Lipinski definition) is 5. The molecule has 6 heteroatoms. The fourth-order valence-electron chi connectivity index (χ4n) is 2.76. The first kappa shape index (κ1) is 17.0. The SMILES string of the molecule is O=C([O-])c1cccc(Nc2nc(-c3ccc(Cl)cc3)nc3ccccc23)c1. The van der Waals surface area contributed by atoms with E-state index in [1.54, 1.807) is 24.3 Å². The summed E-state index contributed by atoms with van der Waals surface area (Å²) in [6, 6.07) is 21.3. The van der Waals surface area contributed by atoms with Crippen LogP contribution in [0.5, 0.6) is 0 Å². The Balaban J connectivity index is 1.82. The number of halogens is 1. The molecule has 0 spiro atoms. The van der Waals surface area contributed by atoms with Gasteiger partial charge < -0.3 is 15.2 Å². The molecule has 0 aliphatic carbocycles. The van der Waals surface area contributed by atoms with Crippen LogP contribution in [0.15, 0.2) is 72.8 Å². The highest BCUT2D eigenvalue weighted by Gasteiger charge is 2.10. The van der Waals surface area contributed by atoms with Crippen molar-refractivity contribution < 1.29 is 9.90 Å². The second-order valence-electron chi connectivity index (χ2n) is 5.91. The molecule has 0 aliphatic heterocycles. The van der Waals surface area contributed by atoms with Crippen molar-refractivity contribution in [2.24, 2.45) is 0 Å². The number of benzene rings is 3. The van der Waals surface area contributed by atoms with Crippen molar-refractivity contribution in [3.63, 3.8) is 0 Å². The standard InChI is InChI=1S/C21H14ClN3O2/c22-15-10-8-13(9-11-15)19-24-18-7-2-1-6-17(18)20(25-19)23-16-5-3-4-14(12-16)21(26)27/h1-12H,(H,26,27)(H,23,24,25)/p-1. The molecule has 0 bridgehead atoms. The lowest BCUT2D eigenvalue weighted by Crippen LogP contribution is -2.22. The number of nitrogens with one attached hydrogen (secondary N) is 1. The number of aromatic nitrogens is 2. The molecule has 0 radical (unpaired) electrons. The number of aromatic carboxylic acids is 1. The molecular weight excluding hydrogens is 362 g/mol. The first-order valence-corrected chi connectivity index (χ1v) is 8.59. The van der Waals surface area contributed by atoms with Crippen molar-refractivity contribution in [1.29, 1.82) is 0 Å². The summed E-state index contributed by atoms with van der Waals surface area (Å²) in [6.07, 6.45) is 0. The van der Waals surface area contributed by atoms with Gasteiger partial charge in [-0.2, -0.15) is 0 Å². The van der Waals surface area contributed by atoms with E-state index >= 15 is 0 Å². The summed E-state index contributed by atoms with van der Waals surface area (Å²) in [5, 5.41) is 15.8. The molecule has 0 amide bonds. The third-order valence-electron chi connectivity index (χ3n) is 4.07. The number of carbonyl (C=O) groups is 1. The fourth-order valence-corrected chi connectivity index (χ4v) is 2.89. The average Bonchev–Trinajstić information content (AvgIpc) is 2.68. The Morgan fingerprint density at radius 2 is 1.70 bits per heavy atom. The van der Waals surface area contributed by atoms with E-state index in [1.165, 1.54) is 12.1 Å². The van der Waals surface area contributed by atoms with Crippen LogP contribution in [0.25, 0.3) is 22.3 Å². The number of carboxylic acids is 1. The summed E-state index contributed by atoms with van der Waals surface area (Å²) in [6.45, 7) is 0. The van der Waals surface area contributed by atoms with Gasteiger partial charge in [0.05, 0.1) is 11.5 Å². The quantitative estimate of drug-likeness (QED) is 0.583. The van der Waals surface area contributed by atoms with E-state index in [2.05, 4.69) is 15.3 Å². The van der Waals surface area contributed by atoms with E-state index in [0.29, 0.717) is 22.4 Å². The van der Waals surface area contributed by atoms with Gasteiger partial charge in [-0.15, -0.1) is 0 Å². The van der Waals surface area contributed by atoms with Gasteiger partial charge in [0.2, 0.25) is 0 Å². The highest BCUT2D eigenvalue weighted by molar-refractivity contribution is 6.30. The van der Waals surface area contributed by atoms with Gasteiger partial charge in [0.1, 0.15) is 5.82 Å². The Morgan fingerprint density at radius 3 is 2.48 bits per heavy atom. The van der Waals surface area contributed by atoms with Gasteiger partial charge in [-0.3, -0.25) is 0 Å². The Labute approximate surface area is 160 Å². The van der Waals surface area contributed by atoms with E-state index in [4.69, 9.17) is 11.6 Å². The molecule has 0 saturated heterocycles. The van der Waals surface area contributed by atoms with Gasteiger partial charge in [0.25, 0.3) is 0 Å². The van der Waals surface area contributed by atoms with Crippen molar-refractivity contribution in [3.05, 3.63) is 83.4 Å². The number of para-hydroxylation sites is 1. The molecule has 1 N–H and O–H groups in total. The molecule has 1 aromatic heterocycles. The second kappa shape index (κ2) is 7.05. The molecule has 1 heterocycles. The predicted octanol–water partition coefficient (Wildman–Crippen LogP) is 4.06. The number of nitrogens with zero attached hydrogens (tertiary/aromatic N) is 2. The largest absolute Gasteiger partial charge is 0.545 e. The van der Waals surface area contributed by atoms with E-state index in [-0.39, 0.29) is 5.56 Å². The maximum Gasteiger partial charge on any atom is 0.162 e. The zero-order valence-electron chi connectivity index (χ0n) is 14.0. The molecule has 132 valence electrons. The van der Waals surface area contributed by atoms with Crippen LogP contribution < -0.4 is 10.4 Å². The Kier molecular flexibility index (Phi) is 4.44. The molecule has 0 unspecified atom stereocenters. The molecule has 0 fully saturated rings. The van der Waals surface area contributed by atoms with E-state index in [9.17, 15) is 9.90 Å². The number of anilines is 2. The van der Waals surface area contributed by atoms with Crippen LogP contribution in [0.3, 0.4) is 0 Å². The van der Waals surface area contributed by atoms with Gasteiger partial charge in [-0.1, -0.05) is 35.9 Å². The summed E-state index contributed by atoms with van der Waals surface area (Å²) < 4.78 is 0. The normalized spacial score (nSPS) is 10.7. The van der Waals surface area contributed by atoms with Crippen molar-refractivity contribution >= 4 is 40.0 Å². The molecule has 4 aromatic rings. The number of rotatable bonds is 4. The molecule has 27 heavy (non-hydrogen) atoms. The van der Waals surface area contributed by atoms with E-state index in [0.717, 1.165) is 16.5 Å². The molecular formula is C21H13ClN3O2-. The third-order valence-corrected chi connectivity index (χ3v) is 4.32. The van der Waals surface area contributed by atoms with E-state index in [1.807, 2.05) is 36.4 Å². The zero-order valence-corrected chi connectivity index (χ0v) is 14.8. The van der Waals surface area contributed by atoms with Crippen LogP contribution >= 0.6 is 11.6 Å². The molecule has 4 rings (SSSR count). The predicted molar refractivity (Wildman–Crippen MR) is 104 cm³/mol. The van der Waals surface area contributed by atoms with Crippen molar-refractivity contribution in [1.82, 2.24) is 9.97 Å². The molecule has 3 aromatic carbocycles. The van der Waals surface area contributed by atoms with Crippen molar-refractivity contribution in [2.45, 2.75) is 0 Å². The van der Waals surface area contributed by atoms with Crippen molar-refractivity contribution in [2.75, 3.05) is 5.32 Å². The lowest BCUT2D eigenvalue weighted by Gasteiger charge is -2.12. The summed E-state index contributed by atoms with van der Waals surface area (Å²) in [7, 11) is 0. The number of carboxylic acid groups (broad SMARTS) is 1. The fraction of sp³-hybridized carbons (Fsp3) is 0. The Morgan fingerprint density at radius 1 is 0.926 bits per heavy atom. The lowest BCUT2D eigenvalue weighted by molar-refractivity contribution is -0.255. The van der Waals surface area contributed by atoms with Crippen LogP contribution in [0.1, 0.15) is 10.4 Å². The van der Waals surface area contributed by atoms with Crippen LogP contribution in [0, 0.1) is 0 Å². The van der Waals surface area contributed by atoms with Gasteiger partial charge >= 0.3 is 0 Å². The number of hydrogen-bond donors (Lipinski definition) is 1. The smallest absolute Gasteiger partial charge is 0.162 e. The summed E-state index contributed by atoms with van der Waals surface area (Å²) >= 11 is 5.97. The lowest BCUT2D eigenvalue weighted by atomic mass is 10.1. The Bertz CT molecular complexity index is 1140. The summed E-state index contributed by atoms with van der Waals surface area (Å²) in [5.41, 5.74) is 2.30. The highest BCUT2D eigenvalue weighted by Crippen LogP contribution is 2.28. The van der Waals surface area contributed by atoms with Gasteiger partial charge in [0, 0.05) is 21.7 Å². The Hall–Kier alpha value is -3.44. The van der Waals surface area contributed by atoms with Gasteiger partial charge in [-0.25, -0.2) is 9.97 Å². The summed E-state index contributed by atoms with van der Waals surface area (Å²) in [4.78, 5) is 20.4. The first-order chi connectivity index (χ1) is 13.1. The van der Waals surface area contributed by atoms with Crippen LogP contribution in [-0.4, -0.2) is 15.9 Å². The number of carbonyl (C=O) groups excluding carboxylic acids is 1. The van der Waals surface area contributed by atoms with Gasteiger partial charge in [0.15, 0.2) is 5.82 Å². The van der Waals surface area contributed by atoms with E-state index < -0.39 is 5.97 Å². The molecule has 0 aliphatic rings. The van der Waals surface area contributed by atoms with Crippen LogP contribution in [-0.2, 0) is 0 Å². The van der Waals surface area contributed by atoms with Crippen molar-refractivity contribution in [3.8, 4) is 11.4 Å². The minimum absolute atomic E-state index is 0.0938. The second-order valence-corrected chi connectivity index (χ2v) is 6.35. The highest BCUT2D eigenvalue weighted by atomic mass is 35.5. The third kappa shape index (κ3) is 3.59. The van der Waals surface area contributed by atoms with Crippen LogP contribution in [0.2, 0.25) is 5.02 Å².